The Morgan fingerprint density at radius 3 is 2.38 bits per heavy atom. The fourth-order valence-corrected chi connectivity index (χ4v) is 2.05. The lowest BCUT2D eigenvalue weighted by atomic mass is 10.1. The first kappa shape index (κ1) is 17.1. The normalized spacial score (nSPS) is 11.1. The molecule has 0 aliphatic heterocycles. The van der Waals surface area contributed by atoms with Crippen molar-refractivity contribution in [3.05, 3.63) is 58.1 Å². The number of rotatable bonds is 3. The van der Waals surface area contributed by atoms with Crippen molar-refractivity contribution >= 4 is 23.1 Å². The molecule has 126 valence electrons. The van der Waals surface area contributed by atoms with Crippen LogP contribution in [0.3, 0.4) is 0 Å². The Morgan fingerprint density at radius 2 is 1.83 bits per heavy atom. The van der Waals surface area contributed by atoms with Crippen LogP contribution in [0.15, 0.2) is 42.5 Å². The van der Waals surface area contributed by atoms with Crippen molar-refractivity contribution < 1.29 is 28.0 Å². The standard InChI is InChI=1S/C14H10F3N3O4/c15-14(16,17)8-3-1-4-9(7-8)19(13(18)22)10-5-2-6-11(12(10)21)20(23)24/h1-7,21H,(H2,18,22). The van der Waals surface area contributed by atoms with Gasteiger partial charge in [-0.15, -0.1) is 0 Å². The van der Waals surface area contributed by atoms with Crippen LogP contribution in [-0.2, 0) is 6.18 Å². The van der Waals surface area contributed by atoms with Crippen molar-refractivity contribution in [3.8, 4) is 5.75 Å². The van der Waals surface area contributed by atoms with Crippen LogP contribution in [0.25, 0.3) is 0 Å². The highest BCUT2D eigenvalue weighted by Gasteiger charge is 2.32. The topological polar surface area (TPSA) is 110 Å². The summed E-state index contributed by atoms with van der Waals surface area (Å²) in [5.41, 5.74) is 2.71. The van der Waals surface area contributed by atoms with Crippen LogP contribution in [0.5, 0.6) is 5.75 Å². The van der Waals surface area contributed by atoms with Crippen LogP contribution in [0.4, 0.5) is 35.0 Å². The molecule has 0 saturated heterocycles. The third kappa shape index (κ3) is 3.21. The van der Waals surface area contributed by atoms with E-state index in [2.05, 4.69) is 0 Å². The van der Waals surface area contributed by atoms with Gasteiger partial charge >= 0.3 is 17.9 Å². The van der Waals surface area contributed by atoms with E-state index in [1.54, 1.807) is 0 Å². The van der Waals surface area contributed by atoms with Crippen LogP contribution in [0.1, 0.15) is 5.56 Å². The molecule has 0 radical (unpaired) electrons. The summed E-state index contributed by atoms with van der Waals surface area (Å²) in [6.45, 7) is 0. The van der Waals surface area contributed by atoms with Crippen LogP contribution >= 0.6 is 0 Å². The molecule has 24 heavy (non-hydrogen) atoms. The fraction of sp³-hybridized carbons (Fsp3) is 0.0714. The van der Waals surface area contributed by atoms with E-state index in [9.17, 15) is 33.2 Å². The van der Waals surface area contributed by atoms with Crippen LogP contribution in [0.2, 0.25) is 0 Å². The van der Waals surface area contributed by atoms with Gasteiger partial charge < -0.3 is 10.8 Å². The number of phenolic OH excluding ortho intramolecular Hbond substituents is 1. The molecule has 0 fully saturated rings. The lowest BCUT2D eigenvalue weighted by molar-refractivity contribution is -0.385. The molecule has 0 aliphatic carbocycles. The highest BCUT2D eigenvalue weighted by Crippen LogP contribution is 2.40. The van der Waals surface area contributed by atoms with Crippen LogP contribution in [0, 0.1) is 10.1 Å². The number of hydrogen-bond donors (Lipinski definition) is 2. The van der Waals surface area contributed by atoms with Gasteiger partial charge in [0.2, 0.25) is 5.75 Å². The zero-order chi connectivity index (χ0) is 18.1. The average Bonchev–Trinajstić information content (AvgIpc) is 2.48. The predicted octanol–water partition coefficient (Wildman–Crippen LogP) is 3.54. The Bertz CT molecular complexity index is 808. The molecule has 7 nitrogen and oxygen atoms in total. The van der Waals surface area contributed by atoms with E-state index in [4.69, 9.17) is 5.73 Å². The second kappa shape index (κ2) is 6.07. The van der Waals surface area contributed by atoms with E-state index in [0.717, 1.165) is 36.4 Å². The minimum atomic E-state index is -4.66. The monoisotopic (exact) mass is 341 g/mol. The maximum absolute atomic E-state index is 12.8. The molecule has 0 spiro atoms. The number of carbonyl (C=O) groups excluding carboxylic acids is 1. The Hall–Kier alpha value is -3.30. The molecule has 0 aliphatic rings. The number of carbonyl (C=O) groups is 1. The summed E-state index contributed by atoms with van der Waals surface area (Å²) in [6, 6.07) is 5.67. The Morgan fingerprint density at radius 1 is 1.21 bits per heavy atom. The van der Waals surface area contributed by atoms with Gasteiger partial charge in [0.1, 0.15) is 0 Å². The van der Waals surface area contributed by atoms with E-state index in [1.807, 2.05) is 0 Å². The molecular weight excluding hydrogens is 331 g/mol. The summed E-state index contributed by atoms with van der Waals surface area (Å²) in [4.78, 5) is 22.2. The van der Waals surface area contributed by atoms with Crippen LogP contribution in [-0.4, -0.2) is 16.1 Å². The van der Waals surface area contributed by atoms with Gasteiger partial charge in [0.25, 0.3) is 0 Å². The summed E-state index contributed by atoms with van der Waals surface area (Å²) < 4.78 is 38.4. The number of nitro groups is 1. The number of primary amides is 1. The van der Waals surface area contributed by atoms with Gasteiger partial charge in [-0.1, -0.05) is 12.1 Å². The van der Waals surface area contributed by atoms with Gasteiger partial charge in [0.15, 0.2) is 0 Å². The van der Waals surface area contributed by atoms with Gasteiger partial charge in [-0.05, 0) is 24.3 Å². The molecule has 2 rings (SSSR count). The number of hydrogen-bond acceptors (Lipinski definition) is 4. The lowest BCUT2D eigenvalue weighted by Gasteiger charge is -2.22. The van der Waals surface area contributed by atoms with Crippen molar-refractivity contribution in [2.24, 2.45) is 5.73 Å². The number of alkyl halides is 3. The van der Waals surface area contributed by atoms with Crippen molar-refractivity contribution in [1.82, 2.24) is 0 Å². The number of phenols is 1. The van der Waals surface area contributed by atoms with E-state index in [0.29, 0.717) is 11.0 Å². The lowest BCUT2D eigenvalue weighted by Crippen LogP contribution is -2.31. The maximum atomic E-state index is 12.8. The molecule has 0 saturated carbocycles. The molecule has 0 aromatic heterocycles. The molecule has 10 heteroatoms. The molecule has 0 heterocycles. The minimum absolute atomic E-state index is 0.298. The van der Waals surface area contributed by atoms with Crippen LogP contribution < -0.4 is 10.6 Å². The summed E-state index contributed by atoms with van der Waals surface area (Å²) in [7, 11) is 0. The van der Waals surface area contributed by atoms with Crippen molar-refractivity contribution in [2.75, 3.05) is 4.90 Å². The maximum Gasteiger partial charge on any atom is 0.416 e. The SMILES string of the molecule is NC(=O)N(c1cccc(C(F)(F)F)c1)c1cccc([N+](=O)[O-])c1O. The van der Waals surface area contributed by atoms with Gasteiger partial charge in [-0.2, -0.15) is 13.2 Å². The highest BCUT2D eigenvalue weighted by atomic mass is 19.4. The first-order valence-electron chi connectivity index (χ1n) is 6.36. The summed E-state index contributed by atoms with van der Waals surface area (Å²) in [5.74, 6) is -0.890. The number of urea groups is 1. The molecule has 0 unspecified atom stereocenters. The number of para-hydroxylation sites is 1. The summed E-state index contributed by atoms with van der Waals surface area (Å²) >= 11 is 0. The molecule has 2 amide bonds. The Labute approximate surface area is 132 Å². The average molecular weight is 341 g/mol. The molecule has 3 N–H and O–H groups in total. The Kier molecular flexibility index (Phi) is 4.31. The molecule has 2 aromatic rings. The predicted molar refractivity (Wildman–Crippen MR) is 77.9 cm³/mol. The number of aromatic hydroxyl groups is 1. The van der Waals surface area contributed by atoms with Gasteiger partial charge in [0, 0.05) is 6.07 Å². The number of anilines is 2. The van der Waals surface area contributed by atoms with E-state index >= 15 is 0 Å². The summed E-state index contributed by atoms with van der Waals surface area (Å²) in [5, 5.41) is 20.8. The molecule has 0 atom stereocenters. The number of amides is 2. The van der Waals surface area contributed by atoms with Crippen molar-refractivity contribution in [2.45, 2.75) is 6.18 Å². The van der Waals surface area contributed by atoms with Crippen molar-refractivity contribution in [3.63, 3.8) is 0 Å². The zero-order valence-electron chi connectivity index (χ0n) is 11.8. The van der Waals surface area contributed by atoms with Gasteiger partial charge in [0.05, 0.1) is 21.9 Å². The number of nitrogens with zero attached hydrogens (tertiary/aromatic N) is 2. The number of halogens is 3. The summed E-state index contributed by atoms with van der Waals surface area (Å²) in [6.07, 6.45) is -4.66. The van der Waals surface area contributed by atoms with E-state index < -0.39 is 39.8 Å². The molecule has 0 bridgehead atoms. The van der Waals surface area contributed by atoms with Gasteiger partial charge in [-0.3, -0.25) is 15.0 Å². The largest absolute Gasteiger partial charge is 0.501 e. The van der Waals surface area contributed by atoms with Gasteiger partial charge in [-0.25, -0.2) is 4.79 Å². The minimum Gasteiger partial charge on any atom is -0.501 e. The van der Waals surface area contributed by atoms with E-state index in [-0.39, 0.29) is 5.69 Å². The second-order valence-electron chi connectivity index (χ2n) is 4.62. The third-order valence-corrected chi connectivity index (χ3v) is 3.08. The third-order valence-electron chi connectivity index (χ3n) is 3.08. The quantitative estimate of drug-likeness (QED) is 0.657. The highest BCUT2D eigenvalue weighted by molar-refractivity contribution is 6.00. The zero-order valence-corrected chi connectivity index (χ0v) is 11.8. The number of benzene rings is 2. The smallest absolute Gasteiger partial charge is 0.416 e. The number of nitro benzene ring substituents is 1. The molecular formula is C14H10F3N3O4. The molecule has 2 aromatic carbocycles. The first-order chi connectivity index (χ1) is 11.1. The fourth-order valence-electron chi connectivity index (χ4n) is 2.05. The number of nitrogens with two attached hydrogens (primary N) is 1. The first-order valence-corrected chi connectivity index (χ1v) is 6.36. The van der Waals surface area contributed by atoms with E-state index in [1.165, 1.54) is 0 Å². The Balaban J connectivity index is 2.63. The second-order valence-corrected chi connectivity index (χ2v) is 4.62. The van der Waals surface area contributed by atoms with Crippen molar-refractivity contribution in [1.29, 1.82) is 0 Å².